The van der Waals surface area contributed by atoms with Gasteiger partial charge in [0.25, 0.3) is 0 Å². The minimum Gasteiger partial charge on any atom is -0.380 e. The number of likely N-dealkylation sites (tertiary alicyclic amines) is 1. The largest absolute Gasteiger partial charge is 0.380 e. The van der Waals surface area contributed by atoms with Gasteiger partial charge in [-0.2, -0.15) is 0 Å². The van der Waals surface area contributed by atoms with Crippen LogP contribution in [0.2, 0.25) is 0 Å². The Morgan fingerprint density at radius 3 is 2.70 bits per heavy atom. The monoisotopic (exact) mass is 282 g/mol. The van der Waals surface area contributed by atoms with E-state index in [1.54, 1.807) is 0 Å². The topological polar surface area (TPSA) is 24.5 Å². The first-order valence-corrected chi connectivity index (χ1v) is 8.60. The fraction of sp³-hybridized carbons (Fsp3) is 1.00. The first-order chi connectivity index (χ1) is 9.67. The van der Waals surface area contributed by atoms with E-state index in [2.05, 4.69) is 31.1 Å². The average molecular weight is 282 g/mol. The predicted octanol–water partition coefficient (Wildman–Crippen LogP) is 2.76. The van der Waals surface area contributed by atoms with Gasteiger partial charge in [-0.3, -0.25) is 0 Å². The molecule has 1 aliphatic heterocycles. The molecular weight excluding hydrogens is 248 g/mol. The Balaban J connectivity index is 1.89. The second kappa shape index (κ2) is 7.77. The van der Waals surface area contributed by atoms with E-state index in [0.717, 1.165) is 24.4 Å². The lowest BCUT2D eigenvalue weighted by molar-refractivity contribution is -0.0140. The van der Waals surface area contributed by atoms with Crippen LogP contribution in [0.15, 0.2) is 0 Å². The summed E-state index contributed by atoms with van der Waals surface area (Å²) in [5.41, 5.74) is 0. The van der Waals surface area contributed by atoms with Crippen LogP contribution in [-0.2, 0) is 4.74 Å². The maximum atomic E-state index is 5.66. The van der Waals surface area contributed by atoms with Gasteiger partial charge in [0.1, 0.15) is 0 Å². The van der Waals surface area contributed by atoms with Gasteiger partial charge in [0.05, 0.1) is 6.10 Å². The molecule has 0 aromatic heterocycles. The Hall–Kier alpha value is -0.120. The van der Waals surface area contributed by atoms with Crippen molar-refractivity contribution >= 4 is 0 Å². The molecule has 0 bridgehead atoms. The molecule has 0 amide bonds. The molecular formula is C17H34N2O. The first-order valence-electron chi connectivity index (χ1n) is 8.60. The zero-order chi connectivity index (χ0) is 14.5. The van der Waals surface area contributed by atoms with Gasteiger partial charge in [0.15, 0.2) is 0 Å². The summed E-state index contributed by atoms with van der Waals surface area (Å²) >= 11 is 0. The standard InChI is InChI=1S/C17H34N2O/c1-5-14-6-7-16(18-3)15(10-14)11-19-9-8-13(2)17(12-19)20-4/h13-18H,5-12H2,1-4H3. The van der Waals surface area contributed by atoms with Crippen LogP contribution in [0.1, 0.15) is 46.0 Å². The second-order valence-corrected chi connectivity index (χ2v) is 7.04. The highest BCUT2D eigenvalue weighted by Crippen LogP contribution is 2.32. The van der Waals surface area contributed by atoms with Crippen LogP contribution in [-0.4, -0.2) is 50.8 Å². The Morgan fingerprint density at radius 1 is 1.25 bits per heavy atom. The van der Waals surface area contributed by atoms with Gasteiger partial charge >= 0.3 is 0 Å². The molecule has 1 heterocycles. The molecule has 1 aliphatic carbocycles. The number of ether oxygens (including phenoxy) is 1. The van der Waals surface area contributed by atoms with Crippen LogP contribution in [0.5, 0.6) is 0 Å². The minimum atomic E-state index is 0.433. The molecule has 1 saturated carbocycles. The van der Waals surface area contributed by atoms with Crippen molar-refractivity contribution in [3.63, 3.8) is 0 Å². The first kappa shape index (κ1) is 16.3. The smallest absolute Gasteiger partial charge is 0.0724 e. The Bertz CT molecular complexity index is 284. The van der Waals surface area contributed by atoms with Gasteiger partial charge in [-0.1, -0.05) is 20.3 Å². The number of nitrogens with zero attached hydrogens (tertiary/aromatic N) is 1. The maximum Gasteiger partial charge on any atom is 0.0724 e. The van der Waals surface area contributed by atoms with Crippen LogP contribution in [0.3, 0.4) is 0 Å². The highest BCUT2D eigenvalue weighted by atomic mass is 16.5. The van der Waals surface area contributed by atoms with Gasteiger partial charge in [0.2, 0.25) is 0 Å². The fourth-order valence-electron chi connectivity index (χ4n) is 4.22. The van der Waals surface area contributed by atoms with Crippen LogP contribution in [0, 0.1) is 17.8 Å². The van der Waals surface area contributed by atoms with Crippen molar-refractivity contribution in [2.75, 3.05) is 33.8 Å². The Kier molecular flexibility index (Phi) is 6.31. The normalized spacial score (nSPS) is 39.9. The summed E-state index contributed by atoms with van der Waals surface area (Å²) < 4.78 is 5.66. The van der Waals surface area contributed by atoms with Crippen molar-refractivity contribution in [1.82, 2.24) is 10.2 Å². The highest BCUT2D eigenvalue weighted by molar-refractivity contribution is 4.88. The molecule has 3 nitrogen and oxygen atoms in total. The summed E-state index contributed by atoms with van der Waals surface area (Å²) in [6, 6.07) is 0.721. The zero-order valence-electron chi connectivity index (χ0n) is 13.9. The van der Waals surface area contributed by atoms with Crippen molar-refractivity contribution in [3.05, 3.63) is 0 Å². The molecule has 5 atom stereocenters. The zero-order valence-corrected chi connectivity index (χ0v) is 13.9. The SMILES string of the molecule is CCC1CCC(NC)C(CN2CCC(C)C(OC)C2)C1. The third kappa shape index (κ3) is 3.96. The van der Waals surface area contributed by atoms with Gasteiger partial charge in [-0.25, -0.2) is 0 Å². The van der Waals surface area contributed by atoms with E-state index in [9.17, 15) is 0 Å². The molecule has 2 fully saturated rings. The molecule has 0 radical (unpaired) electrons. The van der Waals surface area contributed by atoms with E-state index in [-0.39, 0.29) is 0 Å². The van der Waals surface area contributed by atoms with Crippen LogP contribution < -0.4 is 5.32 Å². The third-order valence-electron chi connectivity index (χ3n) is 5.81. The molecule has 2 rings (SSSR count). The quantitative estimate of drug-likeness (QED) is 0.839. The van der Waals surface area contributed by atoms with E-state index < -0.39 is 0 Å². The minimum absolute atomic E-state index is 0.433. The van der Waals surface area contributed by atoms with Crippen LogP contribution in [0.25, 0.3) is 0 Å². The lowest BCUT2D eigenvalue weighted by Gasteiger charge is -2.42. The average Bonchev–Trinajstić information content (AvgIpc) is 2.49. The lowest BCUT2D eigenvalue weighted by atomic mass is 9.76. The molecule has 118 valence electrons. The Labute approximate surface area is 125 Å². The summed E-state index contributed by atoms with van der Waals surface area (Å²) in [6.45, 7) is 8.32. The van der Waals surface area contributed by atoms with Crippen molar-refractivity contribution in [2.45, 2.75) is 58.1 Å². The lowest BCUT2D eigenvalue weighted by Crippen LogP contribution is -2.49. The summed E-state index contributed by atoms with van der Waals surface area (Å²) in [5.74, 6) is 2.49. The number of rotatable bonds is 5. The summed E-state index contributed by atoms with van der Waals surface area (Å²) in [5, 5.41) is 3.56. The van der Waals surface area contributed by atoms with E-state index >= 15 is 0 Å². The van der Waals surface area contributed by atoms with Crippen molar-refractivity contribution in [3.8, 4) is 0 Å². The number of hydrogen-bond donors (Lipinski definition) is 1. The molecule has 0 spiro atoms. The molecule has 20 heavy (non-hydrogen) atoms. The highest BCUT2D eigenvalue weighted by Gasteiger charge is 2.32. The van der Waals surface area contributed by atoms with Crippen LogP contribution in [0.4, 0.5) is 0 Å². The Morgan fingerprint density at radius 2 is 2.05 bits per heavy atom. The van der Waals surface area contributed by atoms with Gasteiger partial charge in [-0.15, -0.1) is 0 Å². The van der Waals surface area contributed by atoms with Gasteiger partial charge in [-0.05, 0) is 57.0 Å². The van der Waals surface area contributed by atoms with Crippen LogP contribution >= 0.6 is 0 Å². The van der Waals surface area contributed by atoms with E-state index in [1.165, 1.54) is 45.2 Å². The molecule has 0 aromatic rings. The van der Waals surface area contributed by atoms with E-state index in [4.69, 9.17) is 4.74 Å². The molecule has 1 N–H and O–H groups in total. The summed E-state index contributed by atoms with van der Waals surface area (Å²) in [7, 11) is 4.01. The van der Waals surface area contributed by atoms with Gasteiger partial charge in [0, 0.05) is 26.2 Å². The molecule has 1 saturated heterocycles. The van der Waals surface area contributed by atoms with Crippen molar-refractivity contribution < 1.29 is 4.74 Å². The molecule has 0 aromatic carbocycles. The summed E-state index contributed by atoms with van der Waals surface area (Å²) in [6.07, 6.45) is 7.25. The molecule has 2 aliphatic rings. The van der Waals surface area contributed by atoms with E-state index in [1.807, 2.05) is 7.11 Å². The predicted molar refractivity (Wildman–Crippen MR) is 85.0 cm³/mol. The second-order valence-electron chi connectivity index (χ2n) is 7.04. The van der Waals surface area contributed by atoms with Crippen molar-refractivity contribution in [2.24, 2.45) is 17.8 Å². The number of piperidine rings is 1. The third-order valence-corrected chi connectivity index (χ3v) is 5.81. The summed E-state index contributed by atoms with van der Waals surface area (Å²) in [4.78, 5) is 2.65. The fourth-order valence-corrected chi connectivity index (χ4v) is 4.22. The number of hydrogen-bond acceptors (Lipinski definition) is 3. The number of nitrogens with one attached hydrogen (secondary N) is 1. The molecule has 3 heteroatoms. The molecule has 5 unspecified atom stereocenters. The number of methoxy groups -OCH3 is 1. The van der Waals surface area contributed by atoms with Gasteiger partial charge < -0.3 is 15.0 Å². The van der Waals surface area contributed by atoms with Crippen molar-refractivity contribution in [1.29, 1.82) is 0 Å². The van der Waals surface area contributed by atoms with E-state index in [0.29, 0.717) is 12.0 Å². The maximum absolute atomic E-state index is 5.66.